The molecule has 1 aliphatic heterocycles. The summed E-state index contributed by atoms with van der Waals surface area (Å²) in [5.41, 5.74) is 0.297. The van der Waals surface area contributed by atoms with Gasteiger partial charge in [-0.05, 0) is 30.7 Å². The van der Waals surface area contributed by atoms with E-state index < -0.39 is 21.8 Å². The molecule has 0 atom stereocenters. The lowest BCUT2D eigenvalue weighted by atomic mass is 10.2. The van der Waals surface area contributed by atoms with Gasteiger partial charge in [-0.15, -0.1) is 11.8 Å². The van der Waals surface area contributed by atoms with Crippen LogP contribution in [-0.2, 0) is 19.6 Å². The minimum atomic E-state index is -4.16. The molecule has 2 aromatic carbocycles. The number of nitrogens with one attached hydrogen (secondary N) is 1. The lowest BCUT2D eigenvalue weighted by molar-refractivity contribution is -0.135. The van der Waals surface area contributed by atoms with E-state index in [0.717, 1.165) is 17.8 Å². The van der Waals surface area contributed by atoms with Crippen LogP contribution in [0.5, 0.6) is 23.0 Å². The van der Waals surface area contributed by atoms with Gasteiger partial charge >= 0.3 is 5.97 Å². The number of sulfonamides is 1. The Labute approximate surface area is 205 Å². The molecule has 1 aliphatic rings. The first-order chi connectivity index (χ1) is 16.8. The number of hydrogen-bond acceptors (Lipinski definition) is 9. The molecule has 4 rings (SSSR count). The number of benzene rings is 2. The number of methoxy groups -OCH3 is 3. The van der Waals surface area contributed by atoms with Crippen LogP contribution in [0.25, 0.3) is 10.9 Å². The quantitative estimate of drug-likeness (QED) is 0.431. The van der Waals surface area contributed by atoms with Crippen LogP contribution in [0.3, 0.4) is 0 Å². The molecule has 0 saturated carbocycles. The predicted octanol–water partition coefficient (Wildman–Crippen LogP) is 4.45. The summed E-state index contributed by atoms with van der Waals surface area (Å²) in [4.78, 5) is 16.0. The minimum absolute atomic E-state index is 0.00279. The Morgan fingerprint density at radius 2 is 1.80 bits per heavy atom. The molecule has 1 N–H and O–H groups in total. The van der Waals surface area contributed by atoms with Crippen molar-refractivity contribution in [3.05, 3.63) is 58.2 Å². The number of halogens is 1. The van der Waals surface area contributed by atoms with Gasteiger partial charge < -0.3 is 18.9 Å². The lowest BCUT2D eigenvalue weighted by Gasteiger charge is -2.14. The van der Waals surface area contributed by atoms with Gasteiger partial charge in [-0.2, -0.15) is 0 Å². The number of anilines is 1. The number of carbonyl (C=O) groups is 1. The molecule has 0 radical (unpaired) electrons. The molecule has 0 saturated heterocycles. The molecule has 0 unspecified atom stereocenters. The number of esters is 1. The van der Waals surface area contributed by atoms with Crippen molar-refractivity contribution in [3.63, 3.8) is 0 Å². The summed E-state index contributed by atoms with van der Waals surface area (Å²) in [5.74, 6) is 0.313. The number of fused-ring (bicyclic) bond motifs is 1. The summed E-state index contributed by atoms with van der Waals surface area (Å²) in [5, 5.41) is 0.608. The summed E-state index contributed by atoms with van der Waals surface area (Å²) >= 11 is 1.08. The van der Waals surface area contributed by atoms with Crippen LogP contribution >= 0.6 is 11.8 Å². The van der Waals surface area contributed by atoms with Gasteiger partial charge in [0, 0.05) is 29.5 Å². The van der Waals surface area contributed by atoms with E-state index in [2.05, 4.69) is 14.4 Å². The number of pyridine rings is 1. The molecule has 0 amide bonds. The molecular formula is C23H21FN2O7S2. The molecule has 2 heterocycles. The largest absolute Gasteiger partial charge is 0.493 e. The summed E-state index contributed by atoms with van der Waals surface area (Å²) in [6.07, 6.45) is 1.67. The number of hydrogen-bond donors (Lipinski definition) is 1. The van der Waals surface area contributed by atoms with Crippen LogP contribution in [0.4, 0.5) is 10.1 Å². The van der Waals surface area contributed by atoms with Gasteiger partial charge in [0.15, 0.2) is 17.3 Å². The molecule has 184 valence electrons. The fourth-order valence-corrected chi connectivity index (χ4v) is 6.36. The minimum Gasteiger partial charge on any atom is -0.493 e. The second kappa shape index (κ2) is 10.0. The molecule has 35 heavy (non-hydrogen) atoms. The Hall–Kier alpha value is -3.51. The third-order valence-electron chi connectivity index (χ3n) is 5.14. The standard InChI is InChI=1S/C23H21FN2O7S2/c1-30-19-11-14-17(12-20(19)31-2)25-8-6-18(14)33-13-4-5-16(15(24)10-13)26-35(28,29)21-7-9-34-22(21)23(27)32-3/h4-6,8,10-12,26H,7,9H2,1-3H3. The van der Waals surface area contributed by atoms with E-state index >= 15 is 0 Å². The van der Waals surface area contributed by atoms with Gasteiger partial charge in [0.1, 0.15) is 16.4 Å². The highest BCUT2D eigenvalue weighted by molar-refractivity contribution is 8.06. The SMILES string of the molecule is COC(=O)C1=C(S(=O)(=O)Nc2ccc(Oc3ccnc4cc(OC)c(OC)cc34)cc2F)CCS1. The smallest absolute Gasteiger partial charge is 0.345 e. The maximum atomic E-state index is 14.9. The van der Waals surface area contributed by atoms with Crippen molar-refractivity contribution in [2.75, 3.05) is 31.8 Å². The van der Waals surface area contributed by atoms with Crippen molar-refractivity contribution in [3.8, 4) is 23.0 Å². The Morgan fingerprint density at radius 3 is 2.49 bits per heavy atom. The third-order valence-corrected chi connectivity index (χ3v) is 7.93. The van der Waals surface area contributed by atoms with Gasteiger partial charge in [0.05, 0.1) is 37.4 Å². The average Bonchev–Trinajstić information content (AvgIpc) is 3.36. The predicted molar refractivity (Wildman–Crippen MR) is 130 cm³/mol. The number of ether oxygens (including phenoxy) is 4. The highest BCUT2D eigenvalue weighted by Gasteiger charge is 2.32. The highest BCUT2D eigenvalue weighted by Crippen LogP contribution is 2.38. The van der Waals surface area contributed by atoms with Gasteiger partial charge in [-0.1, -0.05) is 0 Å². The van der Waals surface area contributed by atoms with Crippen LogP contribution in [-0.4, -0.2) is 46.5 Å². The molecule has 0 aliphatic carbocycles. The van der Waals surface area contributed by atoms with Crippen molar-refractivity contribution in [2.45, 2.75) is 6.42 Å². The summed E-state index contributed by atoms with van der Waals surface area (Å²) in [6.45, 7) is 0. The Morgan fingerprint density at radius 1 is 1.06 bits per heavy atom. The van der Waals surface area contributed by atoms with Crippen LogP contribution in [0, 0.1) is 5.82 Å². The zero-order chi connectivity index (χ0) is 25.2. The Bertz CT molecular complexity index is 1440. The Balaban J connectivity index is 1.61. The van der Waals surface area contributed by atoms with E-state index in [1.807, 2.05) is 0 Å². The molecule has 12 heteroatoms. The van der Waals surface area contributed by atoms with E-state index in [0.29, 0.717) is 33.9 Å². The monoisotopic (exact) mass is 520 g/mol. The molecular weight excluding hydrogens is 499 g/mol. The van der Waals surface area contributed by atoms with E-state index in [9.17, 15) is 17.6 Å². The zero-order valence-corrected chi connectivity index (χ0v) is 20.6. The Kier molecular flexibility index (Phi) is 7.03. The van der Waals surface area contributed by atoms with Crippen molar-refractivity contribution >= 4 is 44.3 Å². The van der Waals surface area contributed by atoms with Crippen LogP contribution in [0.1, 0.15) is 6.42 Å². The fraction of sp³-hybridized carbons (Fsp3) is 0.217. The molecule has 9 nitrogen and oxygen atoms in total. The van der Waals surface area contributed by atoms with Gasteiger partial charge in [-0.3, -0.25) is 9.71 Å². The average molecular weight is 521 g/mol. The summed E-state index contributed by atoms with van der Waals surface area (Å²) in [6, 6.07) is 8.73. The number of nitrogens with zero attached hydrogens (tertiary/aromatic N) is 1. The van der Waals surface area contributed by atoms with Crippen molar-refractivity contribution in [2.24, 2.45) is 0 Å². The lowest BCUT2D eigenvalue weighted by Crippen LogP contribution is -2.18. The molecule has 1 aromatic heterocycles. The van der Waals surface area contributed by atoms with Crippen molar-refractivity contribution in [1.82, 2.24) is 4.98 Å². The van der Waals surface area contributed by atoms with Crippen molar-refractivity contribution < 1.29 is 36.6 Å². The van der Waals surface area contributed by atoms with Gasteiger partial charge in [0.25, 0.3) is 10.0 Å². The first kappa shape index (κ1) is 24.6. The number of carbonyl (C=O) groups excluding carboxylic acids is 1. The molecule has 0 spiro atoms. The van der Waals surface area contributed by atoms with Gasteiger partial charge in [0.2, 0.25) is 0 Å². The topological polar surface area (TPSA) is 113 Å². The number of thioether (sulfide) groups is 1. The van der Waals surface area contributed by atoms with E-state index in [-0.39, 0.29) is 27.7 Å². The maximum Gasteiger partial charge on any atom is 0.345 e. The van der Waals surface area contributed by atoms with Crippen LogP contribution in [0.15, 0.2) is 52.4 Å². The first-order valence-corrected chi connectivity index (χ1v) is 12.7. The maximum absolute atomic E-state index is 14.9. The molecule has 3 aromatic rings. The van der Waals surface area contributed by atoms with Crippen molar-refractivity contribution in [1.29, 1.82) is 0 Å². The van der Waals surface area contributed by atoms with Crippen LogP contribution < -0.4 is 18.9 Å². The van der Waals surface area contributed by atoms with E-state index in [1.165, 1.54) is 39.7 Å². The van der Waals surface area contributed by atoms with E-state index in [4.69, 9.17) is 14.2 Å². The molecule has 0 fully saturated rings. The number of rotatable bonds is 8. The van der Waals surface area contributed by atoms with E-state index in [1.54, 1.807) is 18.2 Å². The van der Waals surface area contributed by atoms with Gasteiger partial charge in [-0.25, -0.2) is 17.6 Å². The summed E-state index contributed by atoms with van der Waals surface area (Å²) < 4.78 is 63.8. The van der Waals surface area contributed by atoms with Crippen LogP contribution in [0.2, 0.25) is 0 Å². The first-order valence-electron chi connectivity index (χ1n) is 10.2. The molecule has 0 bridgehead atoms. The zero-order valence-electron chi connectivity index (χ0n) is 19.0. The highest BCUT2D eigenvalue weighted by atomic mass is 32.2. The number of allylic oxidation sites excluding steroid dienone is 1. The number of aromatic nitrogens is 1. The fourth-order valence-electron chi connectivity index (χ4n) is 3.47. The third kappa shape index (κ3) is 4.98. The second-order valence-electron chi connectivity index (χ2n) is 7.22. The summed E-state index contributed by atoms with van der Waals surface area (Å²) in [7, 11) is 0.0269. The second-order valence-corrected chi connectivity index (χ2v) is 10.0. The normalized spacial score (nSPS) is 13.6.